The highest BCUT2D eigenvalue weighted by Gasteiger charge is 2.30. The summed E-state index contributed by atoms with van der Waals surface area (Å²) in [5.41, 5.74) is 3.35. The van der Waals surface area contributed by atoms with Gasteiger partial charge >= 0.3 is 0 Å². The summed E-state index contributed by atoms with van der Waals surface area (Å²) in [6.07, 6.45) is 8.02. The van der Waals surface area contributed by atoms with Crippen LogP contribution in [0.1, 0.15) is 92.6 Å². The van der Waals surface area contributed by atoms with Crippen molar-refractivity contribution in [3.05, 3.63) is 65.2 Å². The second kappa shape index (κ2) is 15.4. The smallest absolute Gasteiger partial charge is 0.251 e. The molecule has 7 nitrogen and oxygen atoms in total. The Bertz CT molecular complexity index is 1070. The van der Waals surface area contributed by atoms with Gasteiger partial charge in [0.1, 0.15) is 0 Å². The highest BCUT2D eigenvalue weighted by Crippen LogP contribution is 2.50. The predicted octanol–water partition coefficient (Wildman–Crippen LogP) is 6.51. The van der Waals surface area contributed by atoms with Crippen LogP contribution in [0.15, 0.2) is 48.5 Å². The predicted molar refractivity (Wildman–Crippen MR) is 169 cm³/mol. The standard InChI is InChI=1S/C31H47N3O4S.ClH/c1-3-11-23(2)32-22-30(35)29(18-24-12-5-4-6-13-24)33-31(36)27-19-26(25-14-7-8-15-25)20-28(21-27)34-16-9-10-17-39(34,37)38;/h4-6,12-13,19-21,23,25,29-30,32,35,37-38H,3,7-11,14-18,22H2,1-2H3,(H,33,36);1H/t23?,29-,30-;/m0./s1. The van der Waals surface area contributed by atoms with Crippen molar-refractivity contribution in [2.45, 2.75) is 95.7 Å². The van der Waals surface area contributed by atoms with Gasteiger partial charge in [0.25, 0.3) is 5.91 Å². The first-order valence-electron chi connectivity index (χ1n) is 14.7. The molecule has 9 heteroatoms. The number of rotatable bonds is 12. The maximum absolute atomic E-state index is 13.8. The summed E-state index contributed by atoms with van der Waals surface area (Å²) < 4.78 is 23.4. The second-order valence-electron chi connectivity index (χ2n) is 11.4. The van der Waals surface area contributed by atoms with E-state index in [1.165, 1.54) is 12.8 Å². The Morgan fingerprint density at radius 3 is 2.48 bits per heavy atom. The molecule has 40 heavy (non-hydrogen) atoms. The Hall–Kier alpha value is -1.81. The summed E-state index contributed by atoms with van der Waals surface area (Å²) in [7, 11) is -2.90. The van der Waals surface area contributed by atoms with E-state index in [0.29, 0.717) is 42.4 Å². The number of halogens is 1. The first-order valence-corrected chi connectivity index (χ1v) is 16.4. The third-order valence-corrected chi connectivity index (χ3v) is 10.1. The van der Waals surface area contributed by atoms with Gasteiger partial charge in [-0.3, -0.25) is 18.2 Å². The molecule has 1 saturated heterocycles. The maximum atomic E-state index is 13.8. The van der Waals surface area contributed by atoms with Gasteiger partial charge in [0, 0.05) is 24.7 Å². The fourth-order valence-electron chi connectivity index (χ4n) is 5.91. The first kappa shape index (κ1) is 32.7. The molecule has 1 aliphatic heterocycles. The molecule has 3 atom stereocenters. The highest BCUT2D eigenvalue weighted by atomic mass is 35.5. The third-order valence-electron chi connectivity index (χ3n) is 8.18. The number of benzene rings is 2. The van der Waals surface area contributed by atoms with Crippen LogP contribution in [0.25, 0.3) is 0 Å². The van der Waals surface area contributed by atoms with Crippen LogP contribution >= 0.6 is 23.2 Å². The molecule has 5 N–H and O–H groups in total. The van der Waals surface area contributed by atoms with E-state index in [4.69, 9.17) is 0 Å². The van der Waals surface area contributed by atoms with Crippen LogP contribution in [0.5, 0.6) is 0 Å². The van der Waals surface area contributed by atoms with Gasteiger partial charge in [-0.2, -0.15) is 0 Å². The lowest BCUT2D eigenvalue weighted by atomic mass is 9.94. The van der Waals surface area contributed by atoms with Gasteiger partial charge in [-0.05, 0) is 80.7 Å². The van der Waals surface area contributed by atoms with Crippen LogP contribution < -0.4 is 14.9 Å². The van der Waals surface area contributed by atoms with Gasteiger partial charge in [0.15, 0.2) is 0 Å². The van der Waals surface area contributed by atoms with E-state index in [1.807, 2.05) is 36.4 Å². The number of amides is 1. The SMILES string of the molecule is CCCC(C)NC[C@H](O)[C@H](Cc1ccccc1)NC(=O)c1cc(C2CCCC2)cc(N2CCCCS2(O)O)c1.Cl. The summed E-state index contributed by atoms with van der Waals surface area (Å²) in [4.78, 5) is 13.8. The number of carbonyl (C=O) groups excluding carboxylic acids is 1. The second-order valence-corrected chi connectivity index (χ2v) is 13.5. The Labute approximate surface area is 248 Å². The molecule has 2 fully saturated rings. The molecule has 1 heterocycles. The Morgan fingerprint density at radius 1 is 1.07 bits per heavy atom. The molecule has 0 bridgehead atoms. The van der Waals surface area contributed by atoms with Gasteiger partial charge in [-0.15, -0.1) is 23.2 Å². The van der Waals surface area contributed by atoms with Crippen LogP contribution in [0.3, 0.4) is 0 Å². The molecule has 4 rings (SSSR count). The fourth-order valence-corrected chi connectivity index (χ4v) is 7.59. The van der Waals surface area contributed by atoms with Crippen molar-refractivity contribution in [3.8, 4) is 0 Å². The molecule has 2 aliphatic rings. The van der Waals surface area contributed by atoms with Gasteiger partial charge in [0.05, 0.1) is 23.6 Å². The van der Waals surface area contributed by atoms with E-state index in [-0.39, 0.29) is 24.4 Å². The van der Waals surface area contributed by atoms with Crippen molar-refractivity contribution in [1.29, 1.82) is 0 Å². The van der Waals surface area contributed by atoms with Crippen LogP contribution in [-0.4, -0.2) is 57.1 Å². The van der Waals surface area contributed by atoms with Crippen LogP contribution in [-0.2, 0) is 6.42 Å². The minimum Gasteiger partial charge on any atom is -0.390 e. The molecule has 2 aromatic rings. The monoisotopic (exact) mass is 593 g/mol. The summed E-state index contributed by atoms with van der Waals surface area (Å²) in [5.74, 6) is 0.487. The van der Waals surface area contributed by atoms with Crippen LogP contribution in [0.2, 0.25) is 0 Å². The minimum atomic E-state index is -2.90. The number of aliphatic hydroxyl groups is 1. The molecule has 1 amide bonds. The fraction of sp³-hybridized carbons (Fsp3) is 0.581. The summed E-state index contributed by atoms with van der Waals surface area (Å²) in [6, 6.07) is 15.6. The maximum Gasteiger partial charge on any atom is 0.251 e. The lowest BCUT2D eigenvalue weighted by molar-refractivity contribution is 0.0825. The topological polar surface area (TPSA) is 105 Å². The van der Waals surface area contributed by atoms with Gasteiger partial charge < -0.3 is 15.7 Å². The molecule has 1 aliphatic carbocycles. The number of carbonyl (C=O) groups is 1. The Morgan fingerprint density at radius 2 is 1.80 bits per heavy atom. The third kappa shape index (κ3) is 8.84. The van der Waals surface area contributed by atoms with E-state index < -0.39 is 22.9 Å². The van der Waals surface area contributed by atoms with Crippen molar-refractivity contribution in [3.63, 3.8) is 0 Å². The molecular formula is C31H48ClN3O4S. The molecule has 1 unspecified atom stereocenters. The zero-order valence-electron chi connectivity index (χ0n) is 23.9. The zero-order chi connectivity index (χ0) is 27.8. The van der Waals surface area contributed by atoms with Crippen molar-refractivity contribution in [2.24, 2.45) is 0 Å². The van der Waals surface area contributed by atoms with E-state index in [1.54, 1.807) is 10.4 Å². The van der Waals surface area contributed by atoms with Crippen molar-refractivity contribution in [2.75, 3.05) is 23.1 Å². The molecule has 224 valence electrons. The number of nitrogens with zero attached hydrogens (tertiary/aromatic N) is 1. The van der Waals surface area contributed by atoms with Gasteiger partial charge in [-0.25, -0.2) is 0 Å². The van der Waals surface area contributed by atoms with Crippen molar-refractivity contribution < 1.29 is 19.0 Å². The number of hydrogen-bond acceptors (Lipinski definition) is 6. The van der Waals surface area contributed by atoms with E-state index in [0.717, 1.165) is 49.7 Å². The molecule has 0 spiro atoms. The van der Waals surface area contributed by atoms with E-state index in [9.17, 15) is 19.0 Å². The minimum absolute atomic E-state index is 0. The number of aliphatic hydroxyl groups excluding tert-OH is 1. The number of nitrogens with one attached hydrogen (secondary N) is 2. The zero-order valence-corrected chi connectivity index (χ0v) is 25.6. The molecular weight excluding hydrogens is 546 g/mol. The summed E-state index contributed by atoms with van der Waals surface area (Å²) in [5, 5.41) is 17.7. The highest BCUT2D eigenvalue weighted by molar-refractivity contribution is 8.25. The van der Waals surface area contributed by atoms with E-state index >= 15 is 0 Å². The lowest BCUT2D eigenvalue weighted by Crippen LogP contribution is -2.49. The quantitative estimate of drug-likeness (QED) is 0.192. The molecule has 2 aromatic carbocycles. The van der Waals surface area contributed by atoms with Crippen molar-refractivity contribution in [1.82, 2.24) is 10.6 Å². The largest absolute Gasteiger partial charge is 0.390 e. The Balaban J connectivity index is 0.00000441. The average Bonchev–Trinajstić information content (AvgIpc) is 3.47. The van der Waals surface area contributed by atoms with Crippen LogP contribution in [0.4, 0.5) is 5.69 Å². The first-order chi connectivity index (χ1) is 18.8. The van der Waals surface area contributed by atoms with Gasteiger partial charge in [0.2, 0.25) is 0 Å². The summed E-state index contributed by atoms with van der Waals surface area (Å²) >= 11 is 0. The number of anilines is 1. The summed E-state index contributed by atoms with van der Waals surface area (Å²) in [6.45, 7) is 5.21. The Kier molecular flexibility index (Phi) is 12.6. The van der Waals surface area contributed by atoms with Crippen LogP contribution in [0, 0.1) is 0 Å². The molecule has 0 aromatic heterocycles. The molecule has 1 saturated carbocycles. The van der Waals surface area contributed by atoms with E-state index in [2.05, 4.69) is 30.5 Å². The molecule has 0 radical (unpaired) electrons. The van der Waals surface area contributed by atoms with Gasteiger partial charge in [-0.1, -0.05) is 56.5 Å². The normalized spacial score (nSPS) is 20.3. The average molecular weight is 594 g/mol. The number of hydrogen-bond donors (Lipinski definition) is 5. The van der Waals surface area contributed by atoms with Crippen molar-refractivity contribution >= 4 is 34.8 Å². The lowest BCUT2D eigenvalue weighted by Gasteiger charge is -2.47.